The molecule has 1 heterocycles. The van der Waals surface area contributed by atoms with Gasteiger partial charge in [-0.05, 0) is 38.3 Å². The van der Waals surface area contributed by atoms with Crippen LogP contribution < -0.4 is 5.32 Å². The predicted molar refractivity (Wildman–Crippen MR) is 72.2 cm³/mol. The number of nitrogens with one attached hydrogen (secondary N) is 1. The molecule has 100 valence electrons. The highest BCUT2D eigenvalue weighted by Crippen LogP contribution is 2.29. The Kier molecular flexibility index (Phi) is 3.47. The number of hydrogen-bond acceptors (Lipinski definition) is 4. The lowest BCUT2D eigenvalue weighted by Crippen LogP contribution is -2.42. The number of fused-ring (bicyclic) bond motifs is 1. The van der Waals surface area contributed by atoms with Crippen LogP contribution in [0.25, 0.3) is 0 Å². The topological polar surface area (TPSA) is 59.1 Å². The molecule has 1 aromatic heterocycles. The van der Waals surface area contributed by atoms with E-state index in [2.05, 4.69) is 16.4 Å². The van der Waals surface area contributed by atoms with Crippen LogP contribution in [0.2, 0.25) is 0 Å². The van der Waals surface area contributed by atoms with Gasteiger partial charge in [-0.2, -0.15) is 0 Å². The molecule has 0 spiro atoms. The predicted octanol–water partition coefficient (Wildman–Crippen LogP) is 1.48. The van der Waals surface area contributed by atoms with Gasteiger partial charge in [0.15, 0.2) is 9.84 Å². The van der Waals surface area contributed by atoms with E-state index in [-0.39, 0.29) is 6.04 Å². The number of sulfone groups is 1. The van der Waals surface area contributed by atoms with E-state index < -0.39 is 14.6 Å². The van der Waals surface area contributed by atoms with E-state index in [1.54, 1.807) is 20.0 Å². The fourth-order valence-corrected chi connectivity index (χ4v) is 2.46. The van der Waals surface area contributed by atoms with Crippen molar-refractivity contribution in [2.75, 3.05) is 12.8 Å². The van der Waals surface area contributed by atoms with Crippen LogP contribution in [0.4, 0.5) is 0 Å². The molecular formula is C13H20N2O2S. The molecule has 0 saturated carbocycles. The first-order valence-electron chi connectivity index (χ1n) is 6.18. The Morgan fingerprint density at radius 1 is 1.50 bits per heavy atom. The molecule has 1 N–H and O–H groups in total. The van der Waals surface area contributed by atoms with E-state index in [4.69, 9.17) is 0 Å². The summed E-state index contributed by atoms with van der Waals surface area (Å²) < 4.78 is 22.6. The molecule has 0 fully saturated rings. The quantitative estimate of drug-likeness (QED) is 0.898. The minimum Gasteiger partial charge on any atom is -0.307 e. The van der Waals surface area contributed by atoms with Gasteiger partial charge in [-0.3, -0.25) is 4.98 Å². The van der Waals surface area contributed by atoms with Crippen molar-refractivity contribution in [3.05, 3.63) is 29.6 Å². The minimum atomic E-state index is -3.05. The Morgan fingerprint density at radius 3 is 2.89 bits per heavy atom. The van der Waals surface area contributed by atoms with Crippen LogP contribution in [0.15, 0.2) is 18.3 Å². The molecule has 0 saturated heterocycles. The average molecular weight is 268 g/mol. The zero-order valence-corrected chi connectivity index (χ0v) is 11.9. The van der Waals surface area contributed by atoms with Gasteiger partial charge in [-0.15, -0.1) is 0 Å². The summed E-state index contributed by atoms with van der Waals surface area (Å²) in [5, 5.41) is 3.34. The molecule has 0 amide bonds. The molecule has 4 nitrogen and oxygen atoms in total. The fraction of sp³-hybridized carbons (Fsp3) is 0.615. The molecule has 1 unspecified atom stereocenters. The average Bonchev–Trinajstić information content (AvgIpc) is 2.68. The second-order valence-corrected chi connectivity index (χ2v) is 8.20. The maximum absolute atomic E-state index is 11.6. The standard InChI is InChI=1S/C13H20N2O2S/c1-13(2,18(3,16)17)9-15-11-7-6-10-5-4-8-14-12(10)11/h4-5,8,11,15H,6-7,9H2,1-3H3. The van der Waals surface area contributed by atoms with Crippen molar-refractivity contribution in [3.63, 3.8) is 0 Å². The van der Waals surface area contributed by atoms with Crippen molar-refractivity contribution in [1.82, 2.24) is 10.3 Å². The normalized spacial score (nSPS) is 19.8. The number of nitrogens with zero attached hydrogens (tertiary/aromatic N) is 1. The smallest absolute Gasteiger partial charge is 0.153 e. The van der Waals surface area contributed by atoms with Crippen LogP contribution in [0.1, 0.15) is 37.6 Å². The Morgan fingerprint density at radius 2 is 2.22 bits per heavy atom. The molecular weight excluding hydrogens is 248 g/mol. The van der Waals surface area contributed by atoms with Crippen molar-refractivity contribution in [3.8, 4) is 0 Å². The van der Waals surface area contributed by atoms with E-state index in [1.165, 1.54) is 11.8 Å². The van der Waals surface area contributed by atoms with Crippen molar-refractivity contribution in [2.45, 2.75) is 37.5 Å². The molecule has 1 aromatic rings. The van der Waals surface area contributed by atoms with Gasteiger partial charge in [0, 0.05) is 19.0 Å². The van der Waals surface area contributed by atoms with E-state index in [1.807, 2.05) is 6.07 Å². The number of aromatic nitrogens is 1. The summed E-state index contributed by atoms with van der Waals surface area (Å²) in [4.78, 5) is 4.39. The number of hydrogen-bond donors (Lipinski definition) is 1. The van der Waals surface area contributed by atoms with Crippen LogP contribution >= 0.6 is 0 Å². The summed E-state index contributed by atoms with van der Waals surface area (Å²) in [5.74, 6) is 0. The summed E-state index contributed by atoms with van der Waals surface area (Å²) in [7, 11) is -3.05. The molecule has 5 heteroatoms. The van der Waals surface area contributed by atoms with E-state index in [0.29, 0.717) is 6.54 Å². The molecule has 2 rings (SSSR count). The number of pyridine rings is 1. The van der Waals surface area contributed by atoms with Gasteiger partial charge in [0.1, 0.15) is 0 Å². The van der Waals surface area contributed by atoms with Gasteiger partial charge in [0.25, 0.3) is 0 Å². The monoisotopic (exact) mass is 268 g/mol. The summed E-state index contributed by atoms with van der Waals surface area (Å²) in [6, 6.07) is 4.22. The Balaban J connectivity index is 2.06. The van der Waals surface area contributed by atoms with Gasteiger partial charge < -0.3 is 5.32 Å². The fourth-order valence-electron chi connectivity index (χ4n) is 2.11. The molecule has 1 atom stereocenters. The maximum atomic E-state index is 11.6. The van der Waals surface area contributed by atoms with E-state index >= 15 is 0 Å². The third-order valence-electron chi connectivity index (χ3n) is 3.74. The maximum Gasteiger partial charge on any atom is 0.153 e. The Labute approximate surface area is 109 Å². The summed E-state index contributed by atoms with van der Waals surface area (Å²) in [6.07, 6.45) is 5.09. The number of aryl methyl sites for hydroxylation is 1. The molecule has 1 aliphatic carbocycles. The largest absolute Gasteiger partial charge is 0.307 e. The van der Waals surface area contributed by atoms with Gasteiger partial charge in [-0.1, -0.05) is 6.07 Å². The molecule has 18 heavy (non-hydrogen) atoms. The molecule has 0 aliphatic heterocycles. The summed E-state index contributed by atoms with van der Waals surface area (Å²) >= 11 is 0. The summed E-state index contributed by atoms with van der Waals surface area (Å²) in [5.41, 5.74) is 2.34. The Bertz CT molecular complexity index is 538. The zero-order chi connectivity index (χ0) is 13.4. The Hall–Kier alpha value is -0.940. The minimum absolute atomic E-state index is 0.183. The van der Waals surface area contributed by atoms with Gasteiger partial charge in [0.2, 0.25) is 0 Å². The van der Waals surface area contributed by atoms with Crippen LogP contribution in [0, 0.1) is 0 Å². The van der Waals surface area contributed by atoms with Gasteiger partial charge in [0.05, 0.1) is 16.5 Å². The highest BCUT2D eigenvalue weighted by Gasteiger charge is 2.32. The van der Waals surface area contributed by atoms with Crippen molar-refractivity contribution in [1.29, 1.82) is 0 Å². The third-order valence-corrected chi connectivity index (χ3v) is 5.89. The van der Waals surface area contributed by atoms with Crippen LogP contribution in [0.5, 0.6) is 0 Å². The first-order valence-corrected chi connectivity index (χ1v) is 8.07. The second-order valence-electron chi connectivity index (χ2n) is 5.55. The SMILES string of the molecule is CC(C)(CNC1CCc2cccnc21)S(C)(=O)=O. The lowest BCUT2D eigenvalue weighted by molar-refractivity contribution is 0.465. The highest BCUT2D eigenvalue weighted by atomic mass is 32.2. The van der Waals surface area contributed by atoms with Crippen molar-refractivity contribution in [2.24, 2.45) is 0 Å². The second kappa shape index (κ2) is 4.63. The van der Waals surface area contributed by atoms with E-state index in [9.17, 15) is 8.42 Å². The van der Waals surface area contributed by atoms with E-state index in [0.717, 1.165) is 18.5 Å². The lowest BCUT2D eigenvalue weighted by Gasteiger charge is -2.25. The van der Waals surface area contributed by atoms with Crippen LogP contribution in [-0.4, -0.2) is 30.9 Å². The molecule has 0 bridgehead atoms. The lowest BCUT2D eigenvalue weighted by atomic mass is 10.1. The van der Waals surface area contributed by atoms with Gasteiger partial charge in [-0.25, -0.2) is 8.42 Å². The molecule has 1 aliphatic rings. The van der Waals surface area contributed by atoms with Crippen molar-refractivity contribution < 1.29 is 8.42 Å². The molecule has 0 aromatic carbocycles. The van der Waals surface area contributed by atoms with Gasteiger partial charge >= 0.3 is 0 Å². The summed E-state index contributed by atoms with van der Waals surface area (Å²) in [6.45, 7) is 3.96. The third kappa shape index (κ3) is 2.57. The first kappa shape index (κ1) is 13.5. The first-order chi connectivity index (χ1) is 8.31. The van der Waals surface area contributed by atoms with Crippen LogP contribution in [-0.2, 0) is 16.3 Å². The van der Waals surface area contributed by atoms with Crippen LogP contribution in [0.3, 0.4) is 0 Å². The number of rotatable bonds is 4. The zero-order valence-electron chi connectivity index (χ0n) is 11.1. The highest BCUT2D eigenvalue weighted by molar-refractivity contribution is 7.92. The molecule has 0 radical (unpaired) electrons. The van der Waals surface area contributed by atoms with Crippen molar-refractivity contribution >= 4 is 9.84 Å².